The monoisotopic (exact) mass is 328 g/mol. The molecule has 18 heavy (non-hydrogen) atoms. The summed E-state index contributed by atoms with van der Waals surface area (Å²) >= 11 is 4.38. The molecule has 0 atom stereocenters. The first-order valence-corrected chi connectivity index (χ1v) is 6.63. The summed E-state index contributed by atoms with van der Waals surface area (Å²) in [5.41, 5.74) is 0.388. The van der Waals surface area contributed by atoms with Crippen molar-refractivity contribution >= 4 is 33.0 Å². The van der Waals surface area contributed by atoms with E-state index in [1.54, 1.807) is 11.4 Å². The maximum absolute atomic E-state index is 13.5. The maximum Gasteiger partial charge on any atom is 0.150 e. The zero-order valence-electron chi connectivity index (χ0n) is 9.01. The van der Waals surface area contributed by atoms with Gasteiger partial charge in [0, 0.05) is 21.3 Å². The molecule has 2 aromatic rings. The molecule has 0 amide bonds. The van der Waals surface area contributed by atoms with Crippen LogP contribution in [-0.4, -0.2) is 0 Å². The van der Waals surface area contributed by atoms with E-state index in [9.17, 15) is 8.78 Å². The largest absolute Gasteiger partial charge is 0.375 e. The molecule has 0 aliphatic carbocycles. The van der Waals surface area contributed by atoms with Gasteiger partial charge >= 0.3 is 0 Å². The van der Waals surface area contributed by atoms with Crippen LogP contribution in [-0.2, 0) is 6.54 Å². The summed E-state index contributed by atoms with van der Waals surface area (Å²) in [6.45, 7) is 0.280. The Morgan fingerprint density at radius 1 is 1.28 bits per heavy atom. The Kier molecular flexibility index (Phi) is 3.94. The number of anilines is 1. The van der Waals surface area contributed by atoms with E-state index >= 15 is 0 Å². The maximum atomic E-state index is 13.5. The first-order chi connectivity index (χ1) is 8.60. The van der Waals surface area contributed by atoms with Crippen LogP contribution in [0.25, 0.3) is 0 Å². The number of nitrogens with one attached hydrogen (secondary N) is 1. The van der Waals surface area contributed by atoms with E-state index < -0.39 is 11.6 Å². The number of hydrogen-bond donors (Lipinski definition) is 1. The first kappa shape index (κ1) is 13.0. The number of rotatable bonds is 3. The van der Waals surface area contributed by atoms with Crippen LogP contribution in [0, 0.1) is 23.0 Å². The highest BCUT2D eigenvalue weighted by molar-refractivity contribution is 9.10. The summed E-state index contributed by atoms with van der Waals surface area (Å²) in [6, 6.07) is 6.08. The summed E-state index contributed by atoms with van der Waals surface area (Å²) in [5, 5.41) is 13.1. The van der Waals surface area contributed by atoms with Crippen LogP contribution in [0.5, 0.6) is 0 Å². The molecule has 1 aromatic heterocycles. The van der Waals surface area contributed by atoms with Crippen molar-refractivity contribution < 1.29 is 8.78 Å². The Hall–Kier alpha value is -1.45. The summed E-state index contributed by atoms with van der Waals surface area (Å²) in [6.07, 6.45) is 0. The zero-order valence-corrected chi connectivity index (χ0v) is 11.4. The van der Waals surface area contributed by atoms with Gasteiger partial charge in [-0.3, -0.25) is 0 Å². The van der Waals surface area contributed by atoms with Crippen molar-refractivity contribution in [3.05, 3.63) is 50.1 Å². The topological polar surface area (TPSA) is 35.8 Å². The van der Waals surface area contributed by atoms with E-state index in [2.05, 4.69) is 21.2 Å². The van der Waals surface area contributed by atoms with E-state index in [1.807, 2.05) is 6.07 Å². The summed E-state index contributed by atoms with van der Waals surface area (Å²) < 4.78 is 27.4. The Labute approximate surface area is 115 Å². The number of nitrogens with zero attached hydrogens (tertiary/aromatic N) is 1. The van der Waals surface area contributed by atoms with Crippen molar-refractivity contribution in [1.82, 2.24) is 0 Å². The standard InChI is InChI=1S/C12H7BrF2N2S/c13-8-2-10(14)12(11(15)3-8)17-5-9-1-7(4-16)6-18-9/h1-3,6,17H,5H2. The SMILES string of the molecule is N#Cc1csc(CNc2c(F)cc(Br)cc2F)c1. The van der Waals surface area contributed by atoms with E-state index in [0.29, 0.717) is 10.0 Å². The van der Waals surface area contributed by atoms with Gasteiger partial charge in [0.05, 0.1) is 5.56 Å². The van der Waals surface area contributed by atoms with E-state index in [0.717, 1.165) is 4.88 Å². The average Bonchev–Trinajstić information content (AvgIpc) is 2.75. The van der Waals surface area contributed by atoms with Crippen molar-refractivity contribution in [3.8, 4) is 6.07 Å². The van der Waals surface area contributed by atoms with E-state index in [1.165, 1.54) is 23.5 Å². The van der Waals surface area contributed by atoms with Gasteiger partial charge in [-0.2, -0.15) is 5.26 Å². The molecule has 0 saturated heterocycles. The number of thiophene rings is 1. The summed E-state index contributed by atoms with van der Waals surface area (Å²) in [4.78, 5) is 0.841. The second kappa shape index (κ2) is 5.46. The van der Waals surface area contributed by atoms with Crippen LogP contribution < -0.4 is 5.32 Å². The van der Waals surface area contributed by atoms with Crippen molar-refractivity contribution in [2.75, 3.05) is 5.32 Å². The number of halogens is 3. The van der Waals surface area contributed by atoms with Gasteiger partial charge in [-0.05, 0) is 18.2 Å². The van der Waals surface area contributed by atoms with Gasteiger partial charge in [-0.25, -0.2) is 8.78 Å². The van der Waals surface area contributed by atoms with Crippen molar-refractivity contribution in [2.45, 2.75) is 6.54 Å². The molecule has 92 valence electrons. The zero-order chi connectivity index (χ0) is 13.1. The normalized spacial score (nSPS) is 10.1. The third-order valence-corrected chi connectivity index (χ3v) is 3.62. The van der Waals surface area contributed by atoms with Gasteiger partial charge in [0.15, 0.2) is 0 Å². The van der Waals surface area contributed by atoms with Gasteiger partial charge in [0.2, 0.25) is 0 Å². The molecular formula is C12H7BrF2N2S. The highest BCUT2D eigenvalue weighted by Crippen LogP contribution is 2.25. The molecule has 1 heterocycles. The predicted molar refractivity (Wildman–Crippen MR) is 70.4 cm³/mol. The quantitative estimate of drug-likeness (QED) is 0.913. The summed E-state index contributed by atoms with van der Waals surface area (Å²) in [5.74, 6) is -1.31. The lowest BCUT2D eigenvalue weighted by Gasteiger charge is -2.07. The van der Waals surface area contributed by atoms with Crippen LogP contribution >= 0.6 is 27.3 Å². The van der Waals surface area contributed by atoms with Gasteiger partial charge in [-0.15, -0.1) is 11.3 Å². The molecule has 2 rings (SSSR count). The molecule has 1 N–H and O–H groups in total. The van der Waals surface area contributed by atoms with Crippen LogP contribution in [0.2, 0.25) is 0 Å². The molecular weight excluding hydrogens is 322 g/mol. The Balaban J connectivity index is 2.13. The lowest BCUT2D eigenvalue weighted by Crippen LogP contribution is -2.02. The van der Waals surface area contributed by atoms with E-state index in [4.69, 9.17) is 5.26 Å². The average molecular weight is 329 g/mol. The minimum atomic E-state index is -0.654. The Bertz CT molecular complexity index is 596. The van der Waals surface area contributed by atoms with Gasteiger partial charge in [0.25, 0.3) is 0 Å². The molecule has 0 saturated carbocycles. The van der Waals surface area contributed by atoms with Crippen LogP contribution in [0.3, 0.4) is 0 Å². The van der Waals surface area contributed by atoms with Crippen LogP contribution in [0.15, 0.2) is 28.1 Å². The van der Waals surface area contributed by atoms with Crippen molar-refractivity contribution in [3.63, 3.8) is 0 Å². The molecule has 2 nitrogen and oxygen atoms in total. The first-order valence-electron chi connectivity index (χ1n) is 4.96. The van der Waals surface area contributed by atoms with Crippen LogP contribution in [0.4, 0.5) is 14.5 Å². The fourth-order valence-electron chi connectivity index (χ4n) is 1.42. The second-order valence-corrected chi connectivity index (χ2v) is 5.42. The lowest BCUT2D eigenvalue weighted by molar-refractivity contribution is 0.586. The fraction of sp³-hybridized carbons (Fsp3) is 0.0833. The lowest BCUT2D eigenvalue weighted by atomic mass is 10.3. The molecule has 1 aromatic carbocycles. The minimum Gasteiger partial charge on any atom is -0.375 e. The second-order valence-electron chi connectivity index (χ2n) is 3.51. The van der Waals surface area contributed by atoms with Gasteiger partial charge < -0.3 is 5.32 Å². The van der Waals surface area contributed by atoms with Crippen molar-refractivity contribution in [2.24, 2.45) is 0 Å². The number of benzene rings is 1. The molecule has 0 aliphatic heterocycles. The smallest absolute Gasteiger partial charge is 0.150 e. The molecule has 0 aliphatic rings. The highest BCUT2D eigenvalue weighted by Gasteiger charge is 2.10. The number of nitriles is 1. The van der Waals surface area contributed by atoms with Crippen molar-refractivity contribution in [1.29, 1.82) is 5.26 Å². The molecule has 0 radical (unpaired) electrons. The third-order valence-electron chi connectivity index (χ3n) is 2.23. The third kappa shape index (κ3) is 2.86. The highest BCUT2D eigenvalue weighted by atomic mass is 79.9. The molecule has 0 unspecified atom stereocenters. The minimum absolute atomic E-state index is 0.162. The van der Waals surface area contributed by atoms with Gasteiger partial charge in [-0.1, -0.05) is 15.9 Å². The molecule has 0 spiro atoms. The van der Waals surface area contributed by atoms with E-state index in [-0.39, 0.29) is 12.2 Å². The predicted octanol–water partition coefficient (Wildman–Crippen LogP) is 4.27. The summed E-state index contributed by atoms with van der Waals surface area (Å²) in [7, 11) is 0. The number of hydrogen-bond acceptors (Lipinski definition) is 3. The molecule has 0 bridgehead atoms. The molecule has 6 heteroatoms. The fourth-order valence-corrected chi connectivity index (χ4v) is 2.57. The van der Waals surface area contributed by atoms with Crippen LogP contribution in [0.1, 0.15) is 10.4 Å². The Morgan fingerprint density at radius 2 is 1.94 bits per heavy atom. The Morgan fingerprint density at radius 3 is 2.50 bits per heavy atom. The van der Waals surface area contributed by atoms with Gasteiger partial charge in [0.1, 0.15) is 23.4 Å². The molecule has 0 fully saturated rings.